The summed E-state index contributed by atoms with van der Waals surface area (Å²) in [6.45, 7) is -0.493. The maximum absolute atomic E-state index is 13.4. The first-order valence-corrected chi connectivity index (χ1v) is 10.4. The van der Waals surface area contributed by atoms with Gasteiger partial charge in [-0.15, -0.1) is 11.3 Å². The van der Waals surface area contributed by atoms with E-state index in [1.54, 1.807) is 29.8 Å². The van der Waals surface area contributed by atoms with Crippen LogP contribution in [0.1, 0.15) is 0 Å². The molecule has 1 N–H and O–H groups in total. The van der Waals surface area contributed by atoms with Crippen LogP contribution in [0.3, 0.4) is 0 Å². The van der Waals surface area contributed by atoms with Crippen LogP contribution in [-0.4, -0.2) is 34.0 Å². The van der Waals surface area contributed by atoms with E-state index in [1.165, 1.54) is 46.0 Å². The number of imidazole rings is 2. The highest BCUT2D eigenvalue weighted by Crippen LogP contribution is 2.30. The Labute approximate surface area is 182 Å². The number of nitrogens with one attached hydrogen (secondary N) is 1. The van der Waals surface area contributed by atoms with E-state index in [9.17, 15) is 18.8 Å². The minimum Gasteiger partial charge on any atom is -0.328 e. The van der Waals surface area contributed by atoms with Crippen LogP contribution < -0.4 is 16.6 Å². The minimum atomic E-state index is -0.649. The average molecular weight is 453 g/mol. The normalized spacial score (nSPS) is 11.5. The molecular formula is C20H16FN7O3S. The highest BCUT2D eigenvalue weighted by atomic mass is 32.1. The molecule has 4 heterocycles. The molecule has 1 amide bonds. The number of carbonyl (C=O) groups excluding carboxylic acids is 1. The SMILES string of the molecule is Cn1cnc2c1c(=O)n(CC(=O)Nc1c(-c3ccc(F)cc3)nc3sccn13)c(=O)n2C. The number of hydrogen-bond acceptors (Lipinski definition) is 6. The first kappa shape index (κ1) is 19.9. The molecule has 0 saturated carbocycles. The molecule has 32 heavy (non-hydrogen) atoms. The number of fused-ring (bicyclic) bond motifs is 2. The number of aryl methyl sites for hydroxylation is 2. The molecule has 4 aromatic heterocycles. The molecule has 0 unspecified atom stereocenters. The van der Waals surface area contributed by atoms with Crippen molar-refractivity contribution in [2.45, 2.75) is 6.54 Å². The Morgan fingerprint density at radius 2 is 1.94 bits per heavy atom. The molecule has 0 fully saturated rings. The van der Waals surface area contributed by atoms with Gasteiger partial charge in [0.1, 0.15) is 23.9 Å². The Kier molecular flexibility index (Phi) is 4.51. The van der Waals surface area contributed by atoms with Crippen molar-refractivity contribution in [3.63, 3.8) is 0 Å². The molecule has 0 bridgehead atoms. The van der Waals surface area contributed by atoms with Gasteiger partial charge in [0.2, 0.25) is 5.91 Å². The van der Waals surface area contributed by atoms with Gasteiger partial charge < -0.3 is 9.88 Å². The fraction of sp³-hybridized carbons (Fsp3) is 0.150. The monoisotopic (exact) mass is 453 g/mol. The van der Waals surface area contributed by atoms with Crippen LogP contribution in [0.5, 0.6) is 0 Å². The molecule has 1 aromatic carbocycles. The van der Waals surface area contributed by atoms with E-state index in [-0.39, 0.29) is 17.0 Å². The summed E-state index contributed by atoms with van der Waals surface area (Å²) in [5.74, 6) is -0.604. The molecule has 0 aliphatic carbocycles. The van der Waals surface area contributed by atoms with Crippen LogP contribution in [0, 0.1) is 5.82 Å². The smallest absolute Gasteiger partial charge is 0.328 e. The molecule has 0 aliphatic heterocycles. The lowest BCUT2D eigenvalue weighted by atomic mass is 10.1. The van der Waals surface area contributed by atoms with E-state index in [1.807, 2.05) is 5.38 Å². The molecule has 0 spiro atoms. The van der Waals surface area contributed by atoms with Crippen molar-refractivity contribution in [2.24, 2.45) is 14.1 Å². The quantitative estimate of drug-likeness (QED) is 0.445. The van der Waals surface area contributed by atoms with Crippen LogP contribution in [-0.2, 0) is 25.4 Å². The van der Waals surface area contributed by atoms with Gasteiger partial charge in [0.15, 0.2) is 16.1 Å². The first-order valence-electron chi connectivity index (χ1n) is 9.47. The van der Waals surface area contributed by atoms with Gasteiger partial charge in [0.05, 0.1) is 6.33 Å². The summed E-state index contributed by atoms with van der Waals surface area (Å²) < 4.78 is 18.6. The van der Waals surface area contributed by atoms with E-state index < -0.39 is 23.7 Å². The zero-order valence-corrected chi connectivity index (χ0v) is 17.8. The topological polar surface area (TPSA) is 108 Å². The summed E-state index contributed by atoms with van der Waals surface area (Å²) in [5, 5.41) is 4.56. The van der Waals surface area contributed by atoms with Crippen LogP contribution in [0.2, 0.25) is 0 Å². The zero-order chi connectivity index (χ0) is 22.6. The summed E-state index contributed by atoms with van der Waals surface area (Å²) in [5.41, 5.74) is 0.273. The number of anilines is 1. The van der Waals surface area contributed by atoms with Crippen molar-refractivity contribution in [3.05, 3.63) is 68.8 Å². The van der Waals surface area contributed by atoms with Crippen molar-refractivity contribution >= 4 is 39.2 Å². The fourth-order valence-electron chi connectivity index (χ4n) is 3.57. The van der Waals surface area contributed by atoms with Gasteiger partial charge in [-0.1, -0.05) is 0 Å². The molecule has 12 heteroatoms. The maximum atomic E-state index is 13.4. The second kappa shape index (κ2) is 7.27. The van der Waals surface area contributed by atoms with Crippen molar-refractivity contribution in [3.8, 4) is 11.3 Å². The molecule has 10 nitrogen and oxygen atoms in total. The lowest BCUT2D eigenvalue weighted by Crippen LogP contribution is -2.42. The molecule has 0 aliphatic rings. The Bertz CT molecular complexity index is 1620. The number of benzene rings is 1. The lowest BCUT2D eigenvalue weighted by Gasteiger charge is -2.10. The highest BCUT2D eigenvalue weighted by molar-refractivity contribution is 7.15. The Morgan fingerprint density at radius 1 is 1.19 bits per heavy atom. The number of hydrogen-bond donors (Lipinski definition) is 1. The molecule has 162 valence electrons. The number of rotatable bonds is 4. The molecule has 0 atom stereocenters. The van der Waals surface area contributed by atoms with Gasteiger partial charge in [-0.2, -0.15) is 0 Å². The first-order chi connectivity index (χ1) is 15.3. The third-order valence-electron chi connectivity index (χ3n) is 5.14. The van der Waals surface area contributed by atoms with Crippen LogP contribution in [0.25, 0.3) is 27.4 Å². The highest BCUT2D eigenvalue weighted by Gasteiger charge is 2.20. The number of nitrogens with zero attached hydrogens (tertiary/aromatic N) is 6. The van der Waals surface area contributed by atoms with Crippen molar-refractivity contribution in [1.82, 2.24) is 28.1 Å². The van der Waals surface area contributed by atoms with Gasteiger partial charge in [-0.3, -0.25) is 18.6 Å². The third kappa shape index (κ3) is 3.03. The Balaban J connectivity index is 1.54. The van der Waals surface area contributed by atoms with Gasteiger partial charge in [0.25, 0.3) is 5.56 Å². The number of thiazole rings is 1. The number of amides is 1. The van der Waals surface area contributed by atoms with Gasteiger partial charge in [-0.05, 0) is 24.3 Å². The molecule has 0 radical (unpaired) electrons. The molecule has 5 aromatic rings. The number of aromatic nitrogens is 6. The van der Waals surface area contributed by atoms with Gasteiger partial charge in [-0.25, -0.2) is 23.7 Å². The lowest BCUT2D eigenvalue weighted by molar-refractivity contribution is -0.116. The molecular weight excluding hydrogens is 437 g/mol. The van der Waals surface area contributed by atoms with Crippen LogP contribution in [0.4, 0.5) is 10.2 Å². The average Bonchev–Trinajstić information content (AvgIpc) is 3.46. The van der Waals surface area contributed by atoms with E-state index in [2.05, 4.69) is 15.3 Å². The summed E-state index contributed by atoms with van der Waals surface area (Å²) >= 11 is 1.37. The van der Waals surface area contributed by atoms with Crippen molar-refractivity contribution in [2.75, 3.05) is 5.32 Å². The maximum Gasteiger partial charge on any atom is 0.332 e. The summed E-state index contributed by atoms with van der Waals surface area (Å²) in [6, 6.07) is 5.74. The van der Waals surface area contributed by atoms with E-state index in [4.69, 9.17) is 0 Å². The predicted molar refractivity (Wildman–Crippen MR) is 117 cm³/mol. The number of halogens is 1. The fourth-order valence-corrected chi connectivity index (χ4v) is 4.28. The standard InChI is InChI=1S/C20H16FN7O3S/c1-25-10-22-17-15(25)18(30)28(20(31)26(17)2)9-13(29)23-16-14(11-3-5-12(21)6-4-11)24-19-27(16)7-8-32-19/h3-8,10H,9H2,1-2H3,(H,23,29). The van der Waals surface area contributed by atoms with Crippen LogP contribution >= 0.6 is 11.3 Å². The van der Waals surface area contributed by atoms with Crippen LogP contribution in [0.15, 0.2) is 51.8 Å². The van der Waals surface area contributed by atoms with E-state index in [0.29, 0.717) is 22.0 Å². The van der Waals surface area contributed by atoms with Crippen molar-refractivity contribution in [1.29, 1.82) is 0 Å². The van der Waals surface area contributed by atoms with E-state index >= 15 is 0 Å². The largest absolute Gasteiger partial charge is 0.332 e. The Morgan fingerprint density at radius 3 is 2.69 bits per heavy atom. The summed E-state index contributed by atoms with van der Waals surface area (Å²) in [6.07, 6.45) is 3.17. The molecule has 0 saturated heterocycles. The van der Waals surface area contributed by atoms with Gasteiger partial charge in [0, 0.05) is 31.2 Å². The third-order valence-corrected chi connectivity index (χ3v) is 5.90. The zero-order valence-electron chi connectivity index (χ0n) is 16.9. The molecule has 5 rings (SSSR count). The summed E-state index contributed by atoms with van der Waals surface area (Å²) in [4.78, 5) is 47.7. The van der Waals surface area contributed by atoms with Crippen molar-refractivity contribution < 1.29 is 9.18 Å². The van der Waals surface area contributed by atoms with Gasteiger partial charge >= 0.3 is 5.69 Å². The summed E-state index contributed by atoms with van der Waals surface area (Å²) in [7, 11) is 3.13. The second-order valence-corrected chi connectivity index (χ2v) is 8.05. The predicted octanol–water partition coefficient (Wildman–Crippen LogP) is 1.59. The second-order valence-electron chi connectivity index (χ2n) is 7.18. The Hall–Kier alpha value is -4.06. The minimum absolute atomic E-state index is 0.219. The van der Waals surface area contributed by atoms with E-state index in [0.717, 1.165) is 4.57 Å². The number of carbonyl (C=O) groups is 1.